The number of rotatable bonds is 6. The predicted octanol–water partition coefficient (Wildman–Crippen LogP) is 6.11. The average Bonchev–Trinajstić information content (AvgIpc) is 3.33. The zero-order chi connectivity index (χ0) is 24.7. The van der Waals surface area contributed by atoms with E-state index in [2.05, 4.69) is 4.72 Å². The molecule has 2 heterocycles. The van der Waals surface area contributed by atoms with Crippen molar-refractivity contribution >= 4 is 38.6 Å². The monoisotopic (exact) mass is 534 g/mol. The van der Waals surface area contributed by atoms with E-state index in [0.717, 1.165) is 29.5 Å². The fraction of sp³-hybridized carbons (Fsp3) is 0.273. The molecule has 2 aromatic carbocycles. The molecule has 0 radical (unpaired) electrons. The number of likely N-dealkylation sites (N-methyl/N-ethyl adjacent to an activating group) is 1. The third kappa shape index (κ3) is 5.32. The molecule has 182 valence electrons. The summed E-state index contributed by atoms with van der Waals surface area (Å²) >= 11 is 6.92. The van der Waals surface area contributed by atoms with E-state index in [4.69, 9.17) is 16.3 Å². The largest absolute Gasteiger partial charge is 0.488 e. The minimum Gasteiger partial charge on any atom is -0.488 e. The molecule has 1 N–H and O–H groups in total. The molecule has 34 heavy (non-hydrogen) atoms. The Morgan fingerprint density at radius 2 is 1.91 bits per heavy atom. The van der Waals surface area contributed by atoms with E-state index in [1.165, 1.54) is 24.3 Å². The maximum absolute atomic E-state index is 14.2. The van der Waals surface area contributed by atoms with Crippen LogP contribution in [0.2, 0.25) is 5.02 Å². The van der Waals surface area contributed by atoms with Gasteiger partial charge in [-0.05, 0) is 37.7 Å². The maximum Gasteiger partial charge on any atom is 0.419 e. The minimum absolute atomic E-state index is 0.0391. The van der Waals surface area contributed by atoms with E-state index in [1.807, 2.05) is 11.9 Å². The Hall–Kier alpha value is -2.34. The van der Waals surface area contributed by atoms with Crippen LogP contribution in [0.1, 0.15) is 12.0 Å². The summed E-state index contributed by atoms with van der Waals surface area (Å²) in [4.78, 5) is 2.15. The molecule has 0 unspecified atom stereocenters. The van der Waals surface area contributed by atoms with Crippen LogP contribution in [-0.2, 0) is 16.2 Å². The lowest BCUT2D eigenvalue weighted by Gasteiger charge is -2.19. The Bertz CT molecular complexity index is 1310. The normalized spacial score (nSPS) is 17.2. The van der Waals surface area contributed by atoms with Gasteiger partial charge in [-0.2, -0.15) is 13.2 Å². The molecule has 1 saturated heterocycles. The van der Waals surface area contributed by atoms with Crippen LogP contribution in [0.4, 0.5) is 23.2 Å². The van der Waals surface area contributed by atoms with E-state index in [-0.39, 0.29) is 25.4 Å². The third-order valence-corrected chi connectivity index (χ3v) is 8.66. The van der Waals surface area contributed by atoms with Crippen molar-refractivity contribution in [3.63, 3.8) is 0 Å². The highest BCUT2D eigenvalue weighted by Gasteiger charge is 2.36. The lowest BCUT2D eigenvalue weighted by atomic mass is 10.1. The van der Waals surface area contributed by atoms with Crippen LogP contribution < -0.4 is 9.46 Å². The summed E-state index contributed by atoms with van der Waals surface area (Å²) in [6.07, 6.45) is -4.57. The smallest absolute Gasteiger partial charge is 0.419 e. The van der Waals surface area contributed by atoms with E-state index >= 15 is 0 Å². The third-order valence-electron chi connectivity index (χ3n) is 5.23. The van der Waals surface area contributed by atoms with Gasteiger partial charge in [0.15, 0.2) is 0 Å². The second-order valence-corrected chi connectivity index (χ2v) is 11.2. The first-order valence-electron chi connectivity index (χ1n) is 10.1. The van der Waals surface area contributed by atoms with Gasteiger partial charge in [-0.15, -0.1) is 11.3 Å². The van der Waals surface area contributed by atoms with Gasteiger partial charge in [-0.3, -0.25) is 4.72 Å². The minimum atomic E-state index is -4.67. The number of thiophene rings is 1. The fourth-order valence-corrected chi connectivity index (χ4v) is 6.49. The Morgan fingerprint density at radius 3 is 2.56 bits per heavy atom. The van der Waals surface area contributed by atoms with Gasteiger partial charge < -0.3 is 9.64 Å². The zero-order valence-electron chi connectivity index (χ0n) is 17.7. The van der Waals surface area contributed by atoms with Crippen molar-refractivity contribution in [2.24, 2.45) is 0 Å². The highest BCUT2D eigenvalue weighted by molar-refractivity contribution is 7.94. The standard InChI is InChI=1S/C22H19ClF4N2O3S2/c1-29-9-8-14(12-29)32-19-10-13(6-7-16(19)22(25,26)27)28-34(30,31)20-11-17(23)21(33-20)15-4-2-3-5-18(15)24/h2-7,10-11,14,28H,8-9,12H2,1H3/t14-/m1/s1. The van der Waals surface area contributed by atoms with Crippen LogP contribution in [-0.4, -0.2) is 39.6 Å². The molecular formula is C22H19ClF4N2O3S2. The number of sulfonamides is 1. The van der Waals surface area contributed by atoms with Crippen molar-refractivity contribution in [3.8, 4) is 16.2 Å². The second-order valence-electron chi connectivity index (χ2n) is 7.83. The Labute approximate surface area is 203 Å². The lowest BCUT2D eigenvalue weighted by Crippen LogP contribution is -2.23. The zero-order valence-corrected chi connectivity index (χ0v) is 20.1. The molecule has 0 aliphatic carbocycles. The molecule has 0 saturated carbocycles. The topological polar surface area (TPSA) is 58.6 Å². The second kappa shape index (κ2) is 9.37. The highest BCUT2D eigenvalue weighted by Crippen LogP contribution is 2.41. The number of ether oxygens (including phenoxy) is 1. The summed E-state index contributed by atoms with van der Waals surface area (Å²) in [6, 6.07) is 9.76. The number of hydrogen-bond donors (Lipinski definition) is 1. The summed E-state index contributed by atoms with van der Waals surface area (Å²) in [7, 11) is -2.39. The first-order valence-corrected chi connectivity index (χ1v) is 12.8. The summed E-state index contributed by atoms with van der Waals surface area (Å²) in [5.41, 5.74) is -0.956. The number of nitrogens with one attached hydrogen (secondary N) is 1. The van der Waals surface area contributed by atoms with Crippen molar-refractivity contribution in [2.45, 2.75) is 22.9 Å². The van der Waals surface area contributed by atoms with Crippen LogP contribution in [0.3, 0.4) is 0 Å². The summed E-state index contributed by atoms with van der Waals surface area (Å²) in [5, 5.41) is 0.0391. The number of benzene rings is 2. The van der Waals surface area contributed by atoms with Crippen molar-refractivity contribution in [1.82, 2.24) is 4.90 Å². The van der Waals surface area contributed by atoms with Crippen molar-refractivity contribution < 1.29 is 30.7 Å². The van der Waals surface area contributed by atoms with Crippen LogP contribution in [0, 0.1) is 5.82 Å². The lowest BCUT2D eigenvalue weighted by molar-refractivity contribution is -0.139. The molecule has 12 heteroatoms. The molecule has 4 rings (SSSR count). The molecule has 5 nitrogen and oxygen atoms in total. The first-order chi connectivity index (χ1) is 15.9. The molecule has 0 amide bonds. The van der Waals surface area contributed by atoms with Crippen LogP contribution in [0.15, 0.2) is 52.7 Å². The number of likely N-dealkylation sites (tertiary alicyclic amines) is 1. The van der Waals surface area contributed by atoms with Gasteiger partial charge in [0, 0.05) is 24.7 Å². The molecule has 0 bridgehead atoms. The molecule has 1 atom stereocenters. The van der Waals surface area contributed by atoms with Gasteiger partial charge in [0.25, 0.3) is 10.0 Å². The Morgan fingerprint density at radius 1 is 1.18 bits per heavy atom. The molecule has 1 aliphatic rings. The van der Waals surface area contributed by atoms with E-state index < -0.39 is 39.4 Å². The van der Waals surface area contributed by atoms with E-state index in [0.29, 0.717) is 19.5 Å². The number of halogens is 5. The average molecular weight is 535 g/mol. The van der Waals surface area contributed by atoms with Crippen molar-refractivity contribution in [1.29, 1.82) is 0 Å². The molecular weight excluding hydrogens is 516 g/mol. The van der Waals surface area contributed by atoms with Gasteiger partial charge >= 0.3 is 6.18 Å². The van der Waals surface area contributed by atoms with Crippen LogP contribution in [0.5, 0.6) is 5.75 Å². The van der Waals surface area contributed by atoms with E-state index in [9.17, 15) is 26.0 Å². The number of anilines is 1. The van der Waals surface area contributed by atoms with E-state index in [1.54, 1.807) is 6.07 Å². The Kier molecular flexibility index (Phi) is 6.83. The highest BCUT2D eigenvalue weighted by atomic mass is 35.5. The van der Waals surface area contributed by atoms with Gasteiger partial charge in [-0.1, -0.05) is 29.8 Å². The van der Waals surface area contributed by atoms with Gasteiger partial charge in [0.05, 0.1) is 21.2 Å². The number of hydrogen-bond acceptors (Lipinski definition) is 5. The maximum atomic E-state index is 14.2. The fourth-order valence-electron chi connectivity index (χ4n) is 3.60. The van der Waals surface area contributed by atoms with Gasteiger partial charge in [0.2, 0.25) is 0 Å². The van der Waals surface area contributed by atoms with Crippen molar-refractivity contribution in [2.75, 3.05) is 24.9 Å². The number of nitrogens with zero attached hydrogens (tertiary/aromatic N) is 1. The van der Waals surface area contributed by atoms with Crippen LogP contribution in [0.25, 0.3) is 10.4 Å². The van der Waals surface area contributed by atoms with Crippen LogP contribution >= 0.6 is 22.9 Å². The van der Waals surface area contributed by atoms with Crippen molar-refractivity contribution in [3.05, 3.63) is 64.9 Å². The molecule has 3 aromatic rings. The number of alkyl halides is 3. The summed E-state index contributed by atoms with van der Waals surface area (Å²) in [5.74, 6) is -1.02. The molecule has 0 spiro atoms. The summed E-state index contributed by atoms with van der Waals surface area (Å²) < 4.78 is 88.2. The Balaban J connectivity index is 1.63. The molecule has 1 aliphatic heterocycles. The molecule has 1 fully saturated rings. The quantitative estimate of drug-likeness (QED) is 0.388. The predicted molar refractivity (Wildman–Crippen MR) is 124 cm³/mol. The van der Waals surface area contributed by atoms with Gasteiger partial charge in [0.1, 0.15) is 21.9 Å². The first kappa shape index (κ1) is 24.8. The van der Waals surface area contributed by atoms with Gasteiger partial charge in [-0.25, -0.2) is 12.8 Å². The molecule has 1 aromatic heterocycles. The summed E-state index contributed by atoms with van der Waals surface area (Å²) in [6.45, 7) is 1.14. The SMILES string of the molecule is CN1CC[C@@H](Oc2cc(NS(=O)(=O)c3cc(Cl)c(-c4ccccc4F)s3)ccc2C(F)(F)F)C1.